The number of benzene rings is 1. The van der Waals surface area contributed by atoms with Crippen molar-refractivity contribution in [1.29, 1.82) is 0 Å². The van der Waals surface area contributed by atoms with Crippen molar-refractivity contribution in [3.63, 3.8) is 0 Å². The molecule has 0 aliphatic heterocycles. The zero-order valence-electron chi connectivity index (χ0n) is 11.9. The Morgan fingerprint density at radius 1 is 1.30 bits per heavy atom. The van der Waals surface area contributed by atoms with Crippen LogP contribution in [0.2, 0.25) is 0 Å². The molecular formula is C14H21F3N2O. The van der Waals surface area contributed by atoms with Gasteiger partial charge in [0.15, 0.2) is 0 Å². The summed E-state index contributed by atoms with van der Waals surface area (Å²) in [7, 11) is 1.86. The van der Waals surface area contributed by atoms with E-state index in [4.69, 9.17) is 5.73 Å². The van der Waals surface area contributed by atoms with Gasteiger partial charge in [0.1, 0.15) is 5.75 Å². The number of hydrogen-bond donors (Lipinski definition) is 1. The summed E-state index contributed by atoms with van der Waals surface area (Å²) in [5, 5.41) is 0. The van der Waals surface area contributed by atoms with E-state index in [0.717, 1.165) is 6.42 Å². The summed E-state index contributed by atoms with van der Waals surface area (Å²) in [5.74, 6) is -0.189. The maximum absolute atomic E-state index is 12.4. The highest BCUT2D eigenvalue weighted by atomic mass is 19.4. The van der Waals surface area contributed by atoms with Crippen LogP contribution in [0, 0.1) is 0 Å². The molecule has 2 N–H and O–H groups in total. The Hall–Kier alpha value is -1.27. The number of para-hydroxylation sites is 1. The van der Waals surface area contributed by atoms with E-state index in [0.29, 0.717) is 5.56 Å². The molecule has 3 nitrogen and oxygen atoms in total. The van der Waals surface area contributed by atoms with Gasteiger partial charge in [-0.05, 0) is 26.5 Å². The van der Waals surface area contributed by atoms with Crippen molar-refractivity contribution in [2.75, 3.05) is 13.6 Å². The van der Waals surface area contributed by atoms with Gasteiger partial charge in [-0.3, -0.25) is 4.90 Å². The summed E-state index contributed by atoms with van der Waals surface area (Å²) in [6.07, 6.45) is -3.82. The van der Waals surface area contributed by atoms with Gasteiger partial charge in [-0.2, -0.15) is 0 Å². The van der Waals surface area contributed by atoms with Crippen molar-refractivity contribution in [2.45, 2.75) is 38.7 Å². The Morgan fingerprint density at radius 3 is 2.40 bits per heavy atom. The van der Waals surface area contributed by atoms with Crippen LogP contribution in [0.1, 0.15) is 31.9 Å². The second kappa shape index (κ2) is 6.95. The van der Waals surface area contributed by atoms with Gasteiger partial charge in [0.2, 0.25) is 0 Å². The molecule has 0 heterocycles. The Balaban J connectivity index is 3.09. The van der Waals surface area contributed by atoms with E-state index in [1.165, 1.54) is 12.1 Å². The van der Waals surface area contributed by atoms with Gasteiger partial charge in [0.05, 0.1) is 6.04 Å². The van der Waals surface area contributed by atoms with Crippen LogP contribution in [0.3, 0.4) is 0 Å². The number of nitrogens with two attached hydrogens (primary N) is 1. The van der Waals surface area contributed by atoms with Crippen LogP contribution >= 0.6 is 0 Å². The molecule has 0 aliphatic carbocycles. The standard InChI is InChI=1S/C14H21F3N2O/c1-4-10(2)19(3)12(9-18)11-7-5-6-8-13(11)20-14(15,16)17/h5-8,10,12H,4,9,18H2,1-3H3. The van der Waals surface area contributed by atoms with Gasteiger partial charge in [-0.1, -0.05) is 25.1 Å². The lowest BCUT2D eigenvalue weighted by Crippen LogP contribution is -2.37. The van der Waals surface area contributed by atoms with Crippen LogP contribution in [-0.4, -0.2) is 30.9 Å². The van der Waals surface area contributed by atoms with E-state index in [2.05, 4.69) is 4.74 Å². The molecule has 0 saturated carbocycles. The summed E-state index contributed by atoms with van der Waals surface area (Å²) in [4.78, 5) is 1.97. The maximum Gasteiger partial charge on any atom is 0.573 e. The number of ether oxygens (including phenoxy) is 1. The first-order valence-corrected chi connectivity index (χ1v) is 6.56. The summed E-state index contributed by atoms with van der Waals surface area (Å²) in [5.41, 5.74) is 6.21. The van der Waals surface area contributed by atoms with Crippen molar-refractivity contribution >= 4 is 0 Å². The molecule has 1 aromatic carbocycles. The lowest BCUT2D eigenvalue weighted by molar-refractivity contribution is -0.275. The Bertz CT molecular complexity index is 423. The van der Waals surface area contributed by atoms with Crippen LogP contribution in [-0.2, 0) is 0 Å². The first-order chi connectivity index (χ1) is 9.30. The fourth-order valence-electron chi connectivity index (χ4n) is 2.08. The summed E-state index contributed by atoms with van der Waals surface area (Å²) in [6, 6.07) is 6.03. The Labute approximate surface area is 117 Å². The molecular weight excluding hydrogens is 269 g/mol. The molecule has 0 aromatic heterocycles. The van der Waals surface area contributed by atoms with Crippen LogP contribution in [0.25, 0.3) is 0 Å². The average molecular weight is 290 g/mol. The van der Waals surface area contributed by atoms with E-state index >= 15 is 0 Å². The fraction of sp³-hybridized carbons (Fsp3) is 0.571. The molecule has 1 rings (SSSR count). The highest BCUT2D eigenvalue weighted by molar-refractivity contribution is 5.36. The minimum atomic E-state index is -4.70. The maximum atomic E-state index is 12.4. The first-order valence-electron chi connectivity index (χ1n) is 6.56. The zero-order valence-corrected chi connectivity index (χ0v) is 11.9. The van der Waals surface area contributed by atoms with E-state index in [1.807, 2.05) is 25.8 Å². The largest absolute Gasteiger partial charge is 0.573 e. The number of halogens is 3. The smallest absolute Gasteiger partial charge is 0.405 e. The lowest BCUT2D eigenvalue weighted by Gasteiger charge is -2.33. The molecule has 2 unspecified atom stereocenters. The van der Waals surface area contributed by atoms with Gasteiger partial charge in [0, 0.05) is 18.2 Å². The quantitative estimate of drug-likeness (QED) is 0.873. The predicted octanol–water partition coefficient (Wildman–Crippen LogP) is 3.32. The van der Waals surface area contributed by atoms with Gasteiger partial charge >= 0.3 is 6.36 Å². The fourth-order valence-corrected chi connectivity index (χ4v) is 2.08. The summed E-state index contributed by atoms with van der Waals surface area (Å²) < 4.78 is 41.4. The normalized spacial score (nSPS) is 15.2. The molecule has 2 atom stereocenters. The summed E-state index contributed by atoms with van der Waals surface area (Å²) in [6.45, 7) is 4.25. The topological polar surface area (TPSA) is 38.5 Å². The van der Waals surface area contributed by atoms with Crippen molar-refractivity contribution in [2.24, 2.45) is 5.73 Å². The van der Waals surface area contributed by atoms with Gasteiger partial charge in [-0.25, -0.2) is 0 Å². The van der Waals surface area contributed by atoms with Gasteiger partial charge < -0.3 is 10.5 Å². The first kappa shape index (κ1) is 16.8. The van der Waals surface area contributed by atoms with Crippen LogP contribution in [0.5, 0.6) is 5.75 Å². The predicted molar refractivity (Wildman–Crippen MR) is 72.4 cm³/mol. The molecule has 0 saturated heterocycles. The molecule has 0 amide bonds. The minimum absolute atomic E-state index is 0.189. The molecule has 0 aliphatic rings. The third-order valence-corrected chi connectivity index (χ3v) is 3.50. The van der Waals surface area contributed by atoms with Gasteiger partial charge in [0.25, 0.3) is 0 Å². The molecule has 114 valence electrons. The molecule has 0 radical (unpaired) electrons. The highest BCUT2D eigenvalue weighted by Crippen LogP contribution is 2.33. The number of hydrogen-bond acceptors (Lipinski definition) is 3. The SMILES string of the molecule is CCC(C)N(C)C(CN)c1ccccc1OC(F)(F)F. The van der Waals surface area contributed by atoms with Crippen LogP contribution < -0.4 is 10.5 Å². The van der Waals surface area contributed by atoms with Crippen LogP contribution in [0.4, 0.5) is 13.2 Å². The second-order valence-electron chi connectivity index (χ2n) is 4.76. The molecule has 0 bridgehead atoms. The van der Waals surface area contributed by atoms with E-state index < -0.39 is 6.36 Å². The Morgan fingerprint density at radius 2 is 1.90 bits per heavy atom. The van der Waals surface area contributed by atoms with Crippen molar-refractivity contribution < 1.29 is 17.9 Å². The summed E-state index contributed by atoms with van der Waals surface area (Å²) >= 11 is 0. The van der Waals surface area contributed by atoms with E-state index in [-0.39, 0.29) is 24.4 Å². The third-order valence-electron chi connectivity index (χ3n) is 3.50. The highest BCUT2D eigenvalue weighted by Gasteiger charge is 2.33. The average Bonchev–Trinajstić information content (AvgIpc) is 2.38. The van der Waals surface area contributed by atoms with Gasteiger partial charge in [-0.15, -0.1) is 13.2 Å². The molecule has 20 heavy (non-hydrogen) atoms. The van der Waals surface area contributed by atoms with Crippen molar-refractivity contribution in [3.8, 4) is 5.75 Å². The van der Waals surface area contributed by atoms with E-state index in [9.17, 15) is 13.2 Å². The molecule has 1 aromatic rings. The molecule has 0 fully saturated rings. The molecule has 0 spiro atoms. The number of likely N-dealkylation sites (N-methyl/N-ethyl adjacent to an activating group) is 1. The van der Waals surface area contributed by atoms with Crippen molar-refractivity contribution in [3.05, 3.63) is 29.8 Å². The monoisotopic (exact) mass is 290 g/mol. The van der Waals surface area contributed by atoms with Crippen LogP contribution in [0.15, 0.2) is 24.3 Å². The lowest BCUT2D eigenvalue weighted by atomic mass is 10.0. The Kier molecular flexibility index (Phi) is 5.83. The van der Waals surface area contributed by atoms with E-state index in [1.54, 1.807) is 12.1 Å². The molecule has 6 heteroatoms. The second-order valence-corrected chi connectivity index (χ2v) is 4.76. The van der Waals surface area contributed by atoms with Crippen molar-refractivity contribution in [1.82, 2.24) is 4.90 Å². The zero-order chi connectivity index (χ0) is 15.3. The number of rotatable bonds is 6. The minimum Gasteiger partial charge on any atom is -0.405 e. The number of nitrogens with zero attached hydrogens (tertiary/aromatic N) is 1. The third kappa shape index (κ3) is 4.38. The number of alkyl halides is 3.